The van der Waals surface area contributed by atoms with E-state index in [1.807, 2.05) is 0 Å². The first kappa shape index (κ1) is 9.68. The second kappa shape index (κ2) is 4.49. The van der Waals surface area contributed by atoms with Gasteiger partial charge in [0.2, 0.25) is 0 Å². The zero-order valence-electron chi connectivity index (χ0n) is 6.74. The molecule has 0 rings (SSSR count). The maximum atomic E-state index is 10.3. The molecule has 0 aromatic heterocycles. The molecule has 0 aliphatic heterocycles. The average molecular weight is 156 g/mol. The van der Waals surface area contributed by atoms with Gasteiger partial charge in [-0.2, -0.15) is 5.10 Å². The summed E-state index contributed by atoms with van der Waals surface area (Å²) in [6.07, 6.45) is 1.65. The van der Waals surface area contributed by atoms with Crippen molar-refractivity contribution < 1.29 is 9.90 Å². The van der Waals surface area contributed by atoms with E-state index < -0.39 is 5.97 Å². The summed E-state index contributed by atoms with van der Waals surface area (Å²) in [4.78, 5) is 10.3. The number of carboxylic acids is 1. The van der Waals surface area contributed by atoms with Gasteiger partial charge in [0.05, 0.1) is 6.54 Å². The topological polar surface area (TPSA) is 52.9 Å². The molecule has 0 bridgehead atoms. The molecule has 0 unspecified atom stereocenters. The largest absolute Gasteiger partial charge is 0.477 e. The van der Waals surface area contributed by atoms with Crippen molar-refractivity contribution in [3.8, 4) is 0 Å². The number of aliphatic carboxylic acids is 1. The van der Waals surface area contributed by atoms with Gasteiger partial charge in [0.25, 0.3) is 0 Å². The smallest absolute Gasteiger partial charge is 0.351 e. The van der Waals surface area contributed by atoms with Crippen LogP contribution in [0.2, 0.25) is 0 Å². The van der Waals surface area contributed by atoms with Crippen LogP contribution in [0.3, 0.4) is 0 Å². The Morgan fingerprint density at radius 1 is 1.82 bits per heavy atom. The Bertz CT molecular complexity index is 187. The van der Waals surface area contributed by atoms with Gasteiger partial charge in [0.1, 0.15) is 5.71 Å². The summed E-state index contributed by atoms with van der Waals surface area (Å²) in [6, 6.07) is 0. The average Bonchev–Trinajstić information content (AvgIpc) is 1.87. The van der Waals surface area contributed by atoms with Crippen molar-refractivity contribution in [3.63, 3.8) is 0 Å². The van der Waals surface area contributed by atoms with Crippen molar-refractivity contribution in [2.45, 2.75) is 6.92 Å². The van der Waals surface area contributed by atoms with Crippen molar-refractivity contribution >= 4 is 11.7 Å². The minimum absolute atomic E-state index is 0.0781. The minimum Gasteiger partial charge on any atom is -0.477 e. The highest BCUT2D eigenvalue weighted by atomic mass is 16.4. The summed E-state index contributed by atoms with van der Waals surface area (Å²) in [6.45, 7) is 5.49. The van der Waals surface area contributed by atoms with Crippen molar-refractivity contribution in [1.29, 1.82) is 0 Å². The van der Waals surface area contributed by atoms with Crippen LogP contribution >= 0.6 is 0 Å². The van der Waals surface area contributed by atoms with E-state index in [0.717, 1.165) is 0 Å². The van der Waals surface area contributed by atoms with Crippen LogP contribution in [-0.2, 0) is 4.79 Å². The molecule has 11 heavy (non-hydrogen) atoms. The predicted molar refractivity (Wildman–Crippen MR) is 43.6 cm³/mol. The van der Waals surface area contributed by atoms with Crippen LogP contribution in [0.4, 0.5) is 0 Å². The molecule has 62 valence electrons. The summed E-state index contributed by atoms with van der Waals surface area (Å²) in [5, 5.41) is 13.7. The first-order valence-corrected chi connectivity index (χ1v) is 3.18. The highest BCUT2D eigenvalue weighted by Gasteiger charge is 2.01. The molecule has 0 spiro atoms. The lowest BCUT2D eigenvalue weighted by atomic mass is 10.4. The van der Waals surface area contributed by atoms with E-state index in [1.54, 1.807) is 13.1 Å². The van der Waals surface area contributed by atoms with Crippen LogP contribution in [0.1, 0.15) is 6.92 Å². The second-order valence-electron chi connectivity index (χ2n) is 2.12. The summed E-state index contributed by atoms with van der Waals surface area (Å²) in [5.74, 6) is -0.999. The molecule has 0 aromatic rings. The van der Waals surface area contributed by atoms with Gasteiger partial charge >= 0.3 is 5.97 Å². The van der Waals surface area contributed by atoms with Crippen molar-refractivity contribution in [2.75, 3.05) is 13.6 Å². The van der Waals surface area contributed by atoms with E-state index in [-0.39, 0.29) is 5.71 Å². The molecule has 0 aromatic carbocycles. The molecule has 4 heteroatoms. The van der Waals surface area contributed by atoms with Gasteiger partial charge < -0.3 is 5.11 Å². The van der Waals surface area contributed by atoms with E-state index in [1.165, 1.54) is 11.9 Å². The van der Waals surface area contributed by atoms with Crippen LogP contribution in [0.5, 0.6) is 0 Å². The number of rotatable bonds is 4. The lowest BCUT2D eigenvalue weighted by Gasteiger charge is -2.09. The molecular formula is C7H12N2O2. The Morgan fingerprint density at radius 3 is 2.73 bits per heavy atom. The number of hydrogen-bond acceptors (Lipinski definition) is 3. The monoisotopic (exact) mass is 156 g/mol. The third-order valence-electron chi connectivity index (χ3n) is 1.02. The van der Waals surface area contributed by atoms with Gasteiger partial charge in [-0.15, -0.1) is 6.58 Å². The number of likely N-dealkylation sites (N-methyl/N-ethyl adjacent to an activating group) is 1. The lowest BCUT2D eigenvalue weighted by Crippen LogP contribution is -2.17. The fourth-order valence-electron chi connectivity index (χ4n) is 0.526. The normalized spacial score (nSPS) is 10.9. The van der Waals surface area contributed by atoms with Crippen LogP contribution in [0.15, 0.2) is 17.8 Å². The van der Waals surface area contributed by atoms with Gasteiger partial charge in [-0.25, -0.2) is 4.79 Å². The third-order valence-corrected chi connectivity index (χ3v) is 1.02. The number of carboxylic acid groups (broad SMARTS) is 1. The fraction of sp³-hybridized carbons (Fsp3) is 0.429. The highest BCUT2D eigenvalue weighted by molar-refractivity contribution is 6.34. The molecule has 0 aliphatic rings. The molecule has 0 aliphatic carbocycles. The van der Waals surface area contributed by atoms with Gasteiger partial charge in [-0.05, 0) is 6.92 Å². The Kier molecular flexibility index (Phi) is 3.95. The van der Waals surface area contributed by atoms with E-state index in [2.05, 4.69) is 11.7 Å². The summed E-state index contributed by atoms with van der Waals surface area (Å²) in [7, 11) is 1.69. The van der Waals surface area contributed by atoms with Crippen molar-refractivity contribution in [3.05, 3.63) is 12.7 Å². The van der Waals surface area contributed by atoms with Gasteiger partial charge in [0, 0.05) is 7.05 Å². The molecule has 0 fully saturated rings. The van der Waals surface area contributed by atoms with Crippen LogP contribution in [0.25, 0.3) is 0 Å². The van der Waals surface area contributed by atoms with E-state index in [4.69, 9.17) is 5.11 Å². The van der Waals surface area contributed by atoms with Gasteiger partial charge in [-0.3, -0.25) is 5.01 Å². The van der Waals surface area contributed by atoms with Crippen molar-refractivity contribution in [1.82, 2.24) is 5.01 Å². The third kappa shape index (κ3) is 4.13. The molecular weight excluding hydrogens is 144 g/mol. The Morgan fingerprint density at radius 2 is 2.36 bits per heavy atom. The lowest BCUT2D eigenvalue weighted by molar-refractivity contribution is -0.129. The van der Waals surface area contributed by atoms with Gasteiger partial charge in [0.15, 0.2) is 0 Å². The molecule has 0 heterocycles. The minimum atomic E-state index is -0.999. The summed E-state index contributed by atoms with van der Waals surface area (Å²) in [5.41, 5.74) is 0.0781. The first-order chi connectivity index (χ1) is 5.07. The summed E-state index contributed by atoms with van der Waals surface area (Å²) < 4.78 is 0. The van der Waals surface area contributed by atoms with Crippen LogP contribution in [0, 0.1) is 0 Å². The van der Waals surface area contributed by atoms with Gasteiger partial charge in [-0.1, -0.05) is 6.08 Å². The number of hydrogen-bond donors (Lipinski definition) is 1. The van der Waals surface area contributed by atoms with Crippen LogP contribution in [-0.4, -0.2) is 35.4 Å². The standard InChI is InChI=1S/C7H12N2O2/c1-4-5-9(3)8-6(2)7(10)11/h4H,1,5H2,2-3H3,(H,10,11)/b8-6+. The van der Waals surface area contributed by atoms with Crippen molar-refractivity contribution in [2.24, 2.45) is 5.10 Å². The first-order valence-electron chi connectivity index (χ1n) is 3.18. The number of hydrazone groups is 1. The SMILES string of the molecule is C=CCN(C)/N=C(\C)C(=O)O. The Balaban J connectivity index is 4.06. The van der Waals surface area contributed by atoms with Crippen LogP contribution < -0.4 is 0 Å². The molecule has 1 N–H and O–H groups in total. The number of nitrogens with zero attached hydrogens (tertiary/aromatic N) is 2. The zero-order chi connectivity index (χ0) is 8.85. The van der Waals surface area contributed by atoms with E-state index >= 15 is 0 Å². The van der Waals surface area contributed by atoms with E-state index in [9.17, 15) is 4.79 Å². The Hall–Kier alpha value is -1.32. The molecule has 0 amide bonds. The second-order valence-corrected chi connectivity index (χ2v) is 2.12. The number of carbonyl (C=O) groups is 1. The molecule has 0 atom stereocenters. The molecule has 0 radical (unpaired) electrons. The highest BCUT2D eigenvalue weighted by Crippen LogP contribution is 1.86. The maximum absolute atomic E-state index is 10.3. The van der Waals surface area contributed by atoms with E-state index in [0.29, 0.717) is 6.54 Å². The fourth-order valence-corrected chi connectivity index (χ4v) is 0.526. The summed E-state index contributed by atoms with van der Waals surface area (Å²) >= 11 is 0. The zero-order valence-corrected chi connectivity index (χ0v) is 6.74. The Labute approximate surface area is 65.8 Å². The molecule has 0 saturated carbocycles. The predicted octanol–water partition coefficient (Wildman–Crippen LogP) is 0.565. The quantitative estimate of drug-likeness (QED) is 0.367. The molecule has 4 nitrogen and oxygen atoms in total. The molecule has 0 saturated heterocycles. The maximum Gasteiger partial charge on any atom is 0.351 e.